The maximum Gasteiger partial charge on any atom is 0.230 e. The molecule has 2 N–H and O–H groups in total. The van der Waals surface area contributed by atoms with Crippen LogP contribution in [-0.4, -0.2) is 50.3 Å². The van der Waals surface area contributed by atoms with Crippen LogP contribution in [0.4, 0.5) is 15.8 Å². The number of carbonyl (C=O) groups is 1. The summed E-state index contributed by atoms with van der Waals surface area (Å²) in [4.78, 5) is 20.2. The monoisotopic (exact) mass is 334 g/mol. The highest BCUT2D eigenvalue weighted by atomic mass is 32.1. The first kappa shape index (κ1) is 17.2. The molecule has 0 radical (unpaired) electrons. The van der Waals surface area contributed by atoms with Gasteiger partial charge in [0.05, 0.1) is 19.2 Å². The molecule has 6 nitrogen and oxygen atoms in total. The highest BCUT2D eigenvalue weighted by Gasteiger charge is 2.10. The summed E-state index contributed by atoms with van der Waals surface area (Å²) in [6.45, 7) is 0.618. The fourth-order valence-corrected chi connectivity index (χ4v) is 2.84. The Bertz CT molecular complexity index is 640. The first-order valence-electron chi connectivity index (χ1n) is 7.33. The molecule has 0 bridgehead atoms. The molecule has 1 aromatic carbocycles. The van der Waals surface area contributed by atoms with Gasteiger partial charge in [0.2, 0.25) is 5.91 Å². The topological polar surface area (TPSA) is 68.7 Å². The summed E-state index contributed by atoms with van der Waals surface area (Å²) in [6.07, 6.45) is 2.01. The van der Waals surface area contributed by atoms with Crippen LogP contribution in [0.25, 0.3) is 0 Å². The van der Waals surface area contributed by atoms with Crippen LogP contribution in [0, 0.1) is 0 Å². The molecule has 2 rings (SSSR count). The summed E-state index contributed by atoms with van der Waals surface area (Å²) in [5.74, 6) is -0.0895. The Morgan fingerprint density at radius 2 is 1.96 bits per heavy atom. The molecule has 0 atom stereocenters. The Kier molecular flexibility index (Phi) is 5.95. The van der Waals surface area contributed by atoms with Crippen molar-refractivity contribution in [3.8, 4) is 0 Å². The molecule has 0 spiro atoms. The first-order valence-corrected chi connectivity index (χ1v) is 8.15. The van der Waals surface area contributed by atoms with Crippen molar-refractivity contribution in [3.63, 3.8) is 0 Å². The quantitative estimate of drug-likeness (QED) is 0.808. The third-order valence-electron chi connectivity index (χ3n) is 3.37. The number of likely N-dealkylation sites (N-methyl/N-ethyl adjacent to an activating group) is 1. The van der Waals surface area contributed by atoms with Crippen molar-refractivity contribution in [2.24, 2.45) is 0 Å². The molecular weight excluding hydrogens is 312 g/mol. The van der Waals surface area contributed by atoms with Crippen molar-refractivity contribution in [2.45, 2.75) is 6.42 Å². The van der Waals surface area contributed by atoms with Crippen LogP contribution in [0.5, 0.6) is 0 Å². The zero-order chi connectivity index (χ0) is 16.8. The number of nitrogens with zero attached hydrogens (tertiary/aromatic N) is 3. The van der Waals surface area contributed by atoms with E-state index in [4.69, 9.17) is 5.11 Å². The third-order valence-corrected chi connectivity index (χ3v) is 4.40. The number of aromatic nitrogens is 1. The van der Waals surface area contributed by atoms with Crippen molar-refractivity contribution < 1.29 is 9.90 Å². The second-order valence-electron chi connectivity index (χ2n) is 5.43. The Balaban J connectivity index is 1.92. The number of hydrogen-bond acceptors (Lipinski definition) is 6. The fraction of sp³-hybridized carbons (Fsp3) is 0.375. The lowest BCUT2D eigenvalue weighted by Crippen LogP contribution is -2.19. The molecule has 0 aliphatic rings. The number of benzene rings is 1. The van der Waals surface area contributed by atoms with Gasteiger partial charge in [0.15, 0.2) is 5.13 Å². The first-order chi connectivity index (χ1) is 11.0. The molecule has 0 fully saturated rings. The molecule has 0 unspecified atom stereocenters. The maximum atomic E-state index is 12.1. The molecule has 2 aromatic rings. The normalized spacial score (nSPS) is 10.4. The molecule has 0 saturated heterocycles. The van der Waals surface area contributed by atoms with Gasteiger partial charge in [-0.2, -0.15) is 0 Å². The minimum Gasteiger partial charge on any atom is -0.395 e. The Hall–Kier alpha value is -2.12. The molecular formula is C16H22N4O2S. The Morgan fingerprint density at radius 3 is 2.57 bits per heavy atom. The van der Waals surface area contributed by atoms with Crippen LogP contribution >= 0.6 is 11.3 Å². The summed E-state index contributed by atoms with van der Waals surface area (Å²) in [6, 6.07) is 7.90. The van der Waals surface area contributed by atoms with E-state index in [-0.39, 0.29) is 12.5 Å². The van der Waals surface area contributed by atoms with E-state index in [1.54, 1.807) is 6.20 Å². The second kappa shape index (κ2) is 7.94. The summed E-state index contributed by atoms with van der Waals surface area (Å²) >= 11 is 1.39. The van der Waals surface area contributed by atoms with Gasteiger partial charge in [0, 0.05) is 33.4 Å². The number of carbonyl (C=O) groups excluding carboxylic acids is 1. The predicted molar refractivity (Wildman–Crippen MR) is 95.6 cm³/mol. The van der Waals surface area contributed by atoms with Crippen LogP contribution in [0.15, 0.2) is 30.5 Å². The molecule has 0 saturated carbocycles. The minimum absolute atomic E-state index is 0.0824. The highest BCUT2D eigenvalue weighted by molar-refractivity contribution is 7.19. The second-order valence-corrected chi connectivity index (χ2v) is 6.44. The Morgan fingerprint density at radius 1 is 1.26 bits per heavy atom. The van der Waals surface area contributed by atoms with E-state index < -0.39 is 0 Å². The van der Waals surface area contributed by atoms with Crippen LogP contribution in [0.1, 0.15) is 5.56 Å². The van der Waals surface area contributed by atoms with Gasteiger partial charge in [-0.25, -0.2) is 4.98 Å². The van der Waals surface area contributed by atoms with Gasteiger partial charge in [-0.1, -0.05) is 23.5 Å². The van der Waals surface area contributed by atoms with E-state index in [1.165, 1.54) is 11.3 Å². The lowest BCUT2D eigenvalue weighted by molar-refractivity contribution is -0.115. The summed E-state index contributed by atoms with van der Waals surface area (Å²) < 4.78 is 0. The van der Waals surface area contributed by atoms with Gasteiger partial charge in [-0.15, -0.1) is 0 Å². The highest BCUT2D eigenvalue weighted by Crippen LogP contribution is 2.26. The van der Waals surface area contributed by atoms with Crippen LogP contribution in [-0.2, 0) is 11.2 Å². The summed E-state index contributed by atoms with van der Waals surface area (Å²) in [7, 11) is 5.84. The minimum atomic E-state index is -0.0895. The molecule has 1 amide bonds. The largest absolute Gasteiger partial charge is 0.395 e. The van der Waals surface area contributed by atoms with Gasteiger partial charge in [-0.3, -0.25) is 4.79 Å². The average Bonchev–Trinajstić information content (AvgIpc) is 2.96. The number of aliphatic hydroxyl groups is 1. The van der Waals surface area contributed by atoms with Crippen LogP contribution in [0.3, 0.4) is 0 Å². The molecule has 0 aliphatic heterocycles. The van der Waals surface area contributed by atoms with Crippen molar-refractivity contribution >= 4 is 33.1 Å². The van der Waals surface area contributed by atoms with E-state index in [9.17, 15) is 4.79 Å². The zero-order valence-electron chi connectivity index (χ0n) is 13.6. The SMILES string of the molecule is CN(C)c1ccc(CC(=O)Nc2ncc(N(C)CCO)s2)cc1. The van der Waals surface area contributed by atoms with Crippen LogP contribution < -0.4 is 15.1 Å². The van der Waals surface area contributed by atoms with Gasteiger partial charge in [-0.05, 0) is 17.7 Å². The maximum absolute atomic E-state index is 12.1. The van der Waals surface area contributed by atoms with Gasteiger partial charge in [0.25, 0.3) is 0 Å². The standard InChI is InChI=1S/C16H22N4O2S/c1-19(2)13-6-4-12(5-7-13)10-14(22)18-16-17-11-15(23-16)20(3)8-9-21/h4-7,11,21H,8-10H2,1-3H3,(H,17,18,22). The molecule has 0 aliphatic carbocycles. The lowest BCUT2D eigenvalue weighted by atomic mass is 10.1. The van der Waals surface area contributed by atoms with Crippen molar-refractivity contribution in [2.75, 3.05) is 49.4 Å². The number of aliphatic hydroxyl groups excluding tert-OH is 1. The summed E-state index contributed by atoms with van der Waals surface area (Å²) in [5, 5.41) is 13.2. The average molecular weight is 334 g/mol. The van der Waals surface area contributed by atoms with Crippen molar-refractivity contribution in [1.82, 2.24) is 4.98 Å². The van der Waals surface area contributed by atoms with Gasteiger partial charge in [0.1, 0.15) is 5.00 Å². The van der Waals surface area contributed by atoms with E-state index in [0.717, 1.165) is 16.3 Å². The third kappa shape index (κ3) is 4.94. The van der Waals surface area contributed by atoms with Crippen LogP contribution in [0.2, 0.25) is 0 Å². The smallest absolute Gasteiger partial charge is 0.230 e. The number of thiazole rings is 1. The van der Waals surface area contributed by atoms with Crippen molar-refractivity contribution in [1.29, 1.82) is 0 Å². The lowest BCUT2D eigenvalue weighted by Gasteiger charge is -2.13. The van der Waals surface area contributed by atoms with E-state index in [0.29, 0.717) is 18.1 Å². The molecule has 23 heavy (non-hydrogen) atoms. The predicted octanol–water partition coefficient (Wildman–Crippen LogP) is 1.82. The number of amides is 1. The fourth-order valence-electron chi connectivity index (χ4n) is 2.02. The number of hydrogen-bond donors (Lipinski definition) is 2. The van der Waals surface area contributed by atoms with Gasteiger partial charge < -0.3 is 20.2 Å². The number of rotatable bonds is 7. The molecule has 7 heteroatoms. The molecule has 1 heterocycles. The molecule has 124 valence electrons. The number of anilines is 3. The zero-order valence-corrected chi connectivity index (χ0v) is 14.4. The Labute approximate surface area is 140 Å². The van der Waals surface area contributed by atoms with Crippen molar-refractivity contribution in [3.05, 3.63) is 36.0 Å². The molecule has 1 aromatic heterocycles. The van der Waals surface area contributed by atoms with Gasteiger partial charge >= 0.3 is 0 Å². The van der Waals surface area contributed by atoms with E-state index in [2.05, 4.69) is 10.3 Å². The number of nitrogens with one attached hydrogen (secondary N) is 1. The van der Waals surface area contributed by atoms with E-state index >= 15 is 0 Å². The summed E-state index contributed by atoms with van der Waals surface area (Å²) in [5.41, 5.74) is 2.06. The van der Waals surface area contributed by atoms with E-state index in [1.807, 2.05) is 55.2 Å².